The van der Waals surface area contributed by atoms with Gasteiger partial charge < -0.3 is 14.9 Å². The largest absolute Gasteiger partial charge is 0.461 e. The van der Waals surface area contributed by atoms with Gasteiger partial charge in [-0.05, 0) is 24.3 Å². The lowest BCUT2D eigenvalue weighted by Gasteiger charge is -1.99. The van der Waals surface area contributed by atoms with Gasteiger partial charge in [-0.25, -0.2) is 4.68 Å². The Bertz CT molecular complexity index is 675. The highest BCUT2D eigenvalue weighted by molar-refractivity contribution is 5.29. The highest BCUT2D eigenvalue weighted by atomic mass is 16.5. The first-order chi connectivity index (χ1) is 9.85. The number of ether oxygens (including phenoxy) is 1. The molecule has 6 heteroatoms. The quantitative estimate of drug-likeness (QED) is 0.766. The molecule has 0 saturated carbocycles. The second-order valence-corrected chi connectivity index (χ2v) is 4.17. The monoisotopic (exact) mass is 270 g/mol. The fraction of sp³-hybridized carbons (Fsp3) is 0.143. The number of rotatable bonds is 5. The first-order valence-electron chi connectivity index (χ1n) is 6.22. The maximum atomic E-state index is 5.48. The molecule has 102 valence electrons. The van der Waals surface area contributed by atoms with Gasteiger partial charge in [0.15, 0.2) is 0 Å². The minimum Gasteiger partial charge on any atom is -0.461 e. The number of para-hydroxylation sites is 1. The third-order valence-corrected chi connectivity index (χ3v) is 2.75. The highest BCUT2D eigenvalue weighted by Crippen LogP contribution is 2.12. The third kappa shape index (κ3) is 2.70. The number of nitrogens with zero attached hydrogens (tertiary/aromatic N) is 3. The van der Waals surface area contributed by atoms with E-state index in [1.807, 2.05) is 42.5 Å². The molecule has 3 aromatic rings. The zero-order valence-electron chi connectivity index (χ0n) is 10.8. The van der Waals surface area contributed by atoms with Gasteiger partial charge in [0.25, 0.3) is 0 Å². The predicted octanol–water partition coefficient (Wildman–Crippen LogP) is 1.90. The summed E-state index contributed by atoms with van der Waals surface area (Å²) >= 11 is 0. The molecule has 0 unspecified atom stereocenters. The fourth-order valence-corrected chi connectivity index (χ4v) is 1.76. The number of nitrogens with two attached hydrogens (primary N) is 1. The van der Waals surface area contributed by atoms with E-state index in [4.69, 9.17) is 14.9 Å². The SMILES string of the molecule is NCc1ccc(COc2ncn(-c3ccccc3)n2)o1. The highest BCUT2D eigenvalue weighted by Gasteiger charge is 2.06. The Morgan fingerprint density at radius 1 is 1.10 bits per heavy atom. The van der Waals surface area contributed by atoms with Crippen molar-refractivity contribution in [3.05, 3.63) is 60.3 Å². The minimum absolute atomic E-state index is 0.277. The number of benzene rings is 1. The predicted molar refractivity (Wildman–Crippen MR) is 72.3 cm³/mol. The molecular weight excluding hydrogens is 256 g/mol. The van der Waals surface area contributed by atoms with Crippen LogP contribution >= 0.6 is 0 Å². The Morgan fingerprint density at radius 2 is 1.90 bits per heavy atom. The van der Waals surface area contributed by atoms with Gasteiger partial charge >= 0.3 is 6.01 Å². The second-order valence-electron chi connectivity index (χ2n) is 4.17. The van der Waals surface area contributed by atoms with Gasteiger partial charge in [-0.2, -0.15) is 4.98 Å². The van der Waals surface area contributed by atoms with Crippen molar-refractivity contribution in [2.75, 3.05) is 0 Å². The summed E-state index contributed by atoms with van der Waals surface area (Å²) in [6.07, 6.45) is 1.61. The zero-order chi connectivity index (χ0) is 13.8. The topological polar surface area (TPSA) is 79.1 Å². The fourth-order valence-electron chi connectivity index (χ4n) is 1.76. The summed E-state index contributed by atoms with van der Waals surface area (Å²) in [6, 6.07) is 13.7. The van der Waals surface area contributed by atoms with Crippen LogP contribution in [0.2, 0.25) is 0 Å². The van der Waals surface area contributed by atoms with Crippen molar-refractivity contribution in [2.45, 2.75) is 13.2 Å². The van der Waals surface area contributed by atoms with Crippen molar-refractivity contribution in [3.8, 4) is 11.7 Å². The molecular formula is C14H14N4O2. The molecule has 0 bridgehead atoms. The Hall–Kier alpha value is -2.60. The van der Waals surface area contributed by atoms with Crippen LogP contribution in [-0.2, 0) is 13.2 Å². The number of aromatic nitrogens is 3. The molecule has 2 heterocycles. The molecule has 20 heavy (non-hydrogen) atoms. The van der Waals surface area contributed by atoms with E-state index in [2.05, 4.69) is 10.1 Å². The van der Waals surface area contributed by atoms with Crippen LogP contribution in [0.25, 0.3) is 5.69 Å². The maximum absolute atomic E-state index is 5.48. The van der Waals surface area contributed by atoms with Crippen LogP contribution in [0.15, 0.2) is 53.2 Å². The van der Waals surface area contributed by atoms with Crippen LogP contribution in [0.4, 0.5) is 0 Å². The summed E-state index contributed by atoms with van der Waals surface area (Å²) in [7, 11) is 0. The summed E-state index contributed by atoms with van der Waals surface area (Å²) in [5.74, 6) is 1.42. The van der Waals surface area contributed by atoms with Crippen LogP contribution in [0.1, 0.15) is 11.5 Å². The molecule has 1 aromatic carbocycles. The third-order valence-electron chi connectivity index (χ3n) is 2.75. The van der Waals surface area contributed by atoms with Crippen molar-refractivity contribution in [1.82, 2.24) is 14.8 Å². The molecule has 0 aliphatic rings. The van der Waals surface area contributed by atoms with Crippen LogP contribution in [0, 0.1) is 0 Å². The summed E-state index contributed by atoms with van der Waals surface area (Å²) in [4.78, 5) is 4.10. The molecule has 0 amide bonds. The molecule has 2 aromatic heterocycles. The van der Waals surface area contributed by atoms with E-state index in [1.165, 1.54) is 0 Å². The lowest BCUT2D eigenvalue weighted by atomic mass is 10.3. The molecule has 0 spiro atoms. The summed E-state index contributed by atoms with van der Waals surface area (Å²) < 4.78 is 12.6. The molecule has 0 radical (unpaired) electrons. The van der Waals surface area contributed by atoms with E-state index in [9.17, 15) is 0 Å². The average molecular weight is 270 g/mol. The van der Waals surface area contributed by atoms with Gasteiger partial charge in [0.2, 0.25) is 0 Å². The van der Waals surface area contributed by atoms with Crippen LogP contribution in [0.3, 0.4) is 0 Å². The number of hydrogen-bond donors (Lipinski definition) is 1. The standard InChI is InChI=1S/C14H14N4O2/c15-8-12-6-7-13(20-12)9-19-14-16-10-18(17-14)11-4-2-1-3-5-11/h1-7,10H,8-9,15H2. The molecule has 3 rings (SSSR count). The molecule has 0 atom stereocenters. The molecule has 6 nitrogen and oxygen atoms in total. The molecule has 0 fully saturated rings. The zero-order valence-corrected chi connectivity index (χ0v) is 10.8. The molecule has 2 N–H and O–H groups in total. The smallest absolute Gasteiger partial charge is 0.336 e. The van der Waals surface area contributed by atoms with E-state index in [0.717, 1.165) is 11.4 Å². The Kier molecular flexibility index (Phi) is 3.47. The second kappa shape index (κ2) is 5.58. The van der Waals surface area contributed by atoms with E-state index < -0.39 is 0 Å². The summed E-state index contributed by atoms with van der Waals surface area (Å²) in [5.41, 5.74) is 6.40. The summed E-state index contributed by atoms with van der Waals surface area (Å²) in [5, 5.41) is 4.24. The Morgan fingerprint density at radius 3 is 2.65 bits per heavy atom. The lowest BCUT2D eigenvalue weighted by Crippen LogP contribution is -1.98. The van der Waals surface area contributed by atoms with Gasteiger partial charge in [-0.15, -0.1) is 5.10 Å². The van der Waals surface area contributed by atoms with E-state index >= 15 is 0 Å². The van der Waals surface area contributed by atoms with E-state index in [1.54, 1.807) is 11.0 Å². The van der Waals surface area contributed by atoms with Gasteiger partial charge in [0, 0.05) is 0 Å². The first-order valence-corrected chi connectivity index (χ1v) is 6.22. The van der Waals surface area contributed by atoms with Crippen molar-refractivity contribution >= 4 is 0 Å². The molecule has 0 saturated heterocycles. The van der Waals surface area contributed by atoms with E-state index in [0.29, 0.717) is 18.3 Å². The van der Waals surface area contributed by atoms with Crippen molar-refractivity contribution in [3.63, 3.8) is 0 Å². The first kappa shape index (κ1) is 12.4. The van der Waals surface area contributed by atoms with Crippen molar-refractivity contribution in [2.24, 2.45) is 5.73 Å². The van der Waals surface area contributed by atoms with Gasteiger partial charge in [0.1, 0.15) is 24.5 Å². The Labute approximate surface area is 115 Å². The Balaban J connectivity index is 1.65. The van der Waals surface area contributed by atoms with Crippen molar-refractivity contribution < 1.29 is 9.15 Å². The van der Waals surface area contributed by atoms with E-state index in [-0.39, 0.29) is 6.61 Å². The average Bonchev–Trinajstić information content (AvgIpc) is 3.15. The summed E-state index contributed by atoms with van der Waals surface area (Å²) in [6.45, 7) is 0.652. The molecule has 0 aliphatic carbocycles. The minimum atomic E-state index is 0.277. The number of hydrogen-bond acceptors (Lipinski definition) is 5. The van der Waals surface area contributed by atoms with Crippen LogP contribution in [0.5, 0.6) is 6.01 Å². The van der Waals surface area contributed by atoms with Crippen LogP contribution in [-0.4, -0.2) is 14.8 Å². The molecule has 0 aliphatic heterocycles. The maximum Gasteiger partial charge on any atom is 0.336 e. The van der Waals surface area contributed by atoms with Gasteiger partial charge in [-0.1, -0.05) is 18.2 Å². The van der Waals surface area contributed by atoms with Crippen LogP contribution < -0.4 is 10.5 Å². The normalized spacial score (nSPS) is 10.7. The number of furan rings is 1. The van der Waals surface area contributed by atoms with Gasteiger partial charge in [0.05, 0.1) is 12.2 Å². The lowest BCUT2D eigenvalue weighted by molar-refractivity contribution is 0.247. The van der Waals surface area contributed by atoms with Gasteiger partial charge in [-0.3, -0.25) is 0 Å². The van der Waals surface area contributed by atoms with Crippen molar-refractivity contribution in [1.29, 1.82) is 0 Å².